The Hall–Kier alpha value is -1.95. The lowest BCUT2D eigenvalue weighted by Gasteiger charge is -2.23. The second kappa shape index (κ2) is 9.25. The Kier molecular flexibility index (Phi) is 7.68. The quantitative estimate of drug-likeness (QED) is 0.757. The minimum Gasteiger partial charge on any atom is -0.493 e. The van der Waals surface area contributed by atoms with Gasteiger partial charge in [-0.25, -0.2) is 0 Å². The van der Waals surface area contributed by atoms with Crippen molar-refractivity contribution in [3.63, 3.8) is 0 Å². The van der Waals surface area contributed by atoms with Gasteiger partial charge in [-0.2, -0.15) is 0 Å². The second-order valence-corrected chi connectivity index (χ2v) is 5.52. The number of hydrogen-bond donors (Lipinski definition) is 1. The van der Waals surface area contributed by atoms with Crippen molar-refractivity contribution in [1.82, 2.24) is 4.90 Å². The number of amides is 1. The Morgan fingerprint density at radius 1 is 1.17 bits per heavy atom. The van der Waals surface area contributed by atoms with Gasteiger partial charge in [0, 0.05) is 23.9 Å². The molecule has 0 fully saturated rings. The van der Waals surface area contributed by atoms with E-state index in [0.717, 1.165) is 12.8 Å². The number of nitrogens with zero attached hydrogens (tertiary/aromatic N) is 1. The van der Waals surface area contributed by atoms with Gasteiger partial charge in [0.2, 0.25) is 11.7 Å². The molecule has 6 nitrogen and oxygen atoms in total. The summed E-state index contributed by atoms with van der Waals surface area (Å²) in [4.78, 5) is 14.3. The van der Waals surface area contributed by atoms with Gasteiger partial charge in [-0.15, -0.1) is 0 Å². The molecule has 0 heterocycles. The molecule has 1 aromatic rings. The van der Waals surface area contributed by atoms with Crippen molar-refractivity contribution in [3.05, 3.63) is 12.1 Å². The Morgan fingerprint density at radius 2 is 1.74 bits per heavy atom. The van der Waals surface area contributed by atoms with Crippen LogP contribution in [-0.2, 0) is 4.79 Å². The Bertz CT molecular complexity index is 494. The average Bonchev–Trinajstić information content (AvgIpc) is 2.53. The summed E-state index contributed by atoms with van der Waals surface area (Å²) in [6, 6.07) is 3.80. The maximum Gasteiger partial charge on any atom is 0.238 e. The maximum atomic E-state index is 12.2. The van der Waals surface area contributed by atoms with E-state index < -0.39 is 0 Å². The van der Waals surface area contributed by atoms with E-state index in [1.165, 1.54) is 0 Å². The summed E-state index contributed by atoms with van der Waals surface area (Å²) in [7, 11) is 6.59. The van der Waals surface area contributed by atoms with Gasteiger partial charge in [0.05, 0.1) is 27.9 Å². The van der Waals surface area contributed by atoms with Crippen LogP contribution in [0.1, 0.15) is 26.7 Å². The highest BCUT2D eigenvalue weighted by Gasteiger charge is 2.16. The molecule has 0 aromatic heterocycles. The van der Waals surface area contributed by atoms with Crippen molar-refractivity contribution in [2.75, 3.05) is 40.2 Å². The lowest BCUT2D eigenvalue weighted by molar-refractivity contribution is -0.117. The molecule has 0 saturated heterocycles. The van der Waals surface area contributed by atoms with Gasteiger partial charge in [-0.1, -0.05) is 13.3 Å². The van der Waals surface area contributed by atoms with Gasteiger partial charge in [0.25, 0.3) is 0 Å². The van der Waals surface area contributed by atoms with Crippen molar-refractivity contribution < 1.29 is 19.0 Å². The van der Waals surface area contributed by atoms with E-state index in [9.17, 15) is 4.79 Å². The summed E-state index contributed by atoms with van der Waals surface area (Å²) in [5.41, 5.74) is 0.612. The standard InChI is InChI=1S/C17H28N2O4/c1-7-8-12(2)19(3)11-16(20)18-13-9-14(21-4)17(23-6)15(10-13)22-5/h9-10,12H,7-8,11H2,1-6H3,(H,18,20). The van der Waals surface area contributed by atoms with Crippen LogP contribution in [0, 0.1) is 0 Å². The fourth-order valence-corrected chi connectivity index (χ4v) is 2.37. The first kappa shape index (κ1) is 19.1. The highest BCUT2D eigenvalue weighted by Crippen LogP contribution is 2.39. The van der Waals surface area contributed by atoms with E-state index in [1.807, 2.05) is 11.9 Å². The van der Waals surface area contributed by atoms with Crippen molar-refractivity contribution in [3.8, 4) is 17.2 Å². The van der Waals surface area contributed by atoms with Gasteiger partial charge < -0.3 is 19.5 Å². The third-order valence-electron chi connectivity index (χ3n) is 3.80. The van der Waals surface area contributed by atoms with Crippen LogP contribution >= 0.6 is 0 Å². The zero-order chi connectivity index (χ0) is 17.4. The van der Waals surface area contributed by atoms with E-state index in [1.54, 1.807) is 33.5 Å². The summed E-state index contributed by atoms with van der Waals surface area (Å²) in [5, 5.41) is 2.87. The first-order valence-electron chi connectivity index (χ1n) is 7.76. The first-order chi connectivity index (χ1) is 11.0. The van der Waals surface area contributed by atoms with E-state index in [0.29, 0.717) is 35.5 Å². The molecular formula is C17H28N2O4. The van der Waals surface area contributed by atoms with E-state index >= 15 is 0 Å². The fourth-order valence-electron chi connectivity index (χ4n) is 2.37. The highest BCUT2D eigenvalue weighted by atomic mass is 16.5. The Balaban J connectivity index is 2.82. The number of methoxy groups -OCH3 is 3. The van der Waals surface area contributed by atoms with Crippen LogP contribution in [0.15, 0.2) is 12.1 Å². The normalized spacial score (nSPS) is 12.0. The minimum absolute atomic E-state index is 0.0790. The molecule has 0 aliphatic heterocycles. The number of hydrogen-bond acceptors (Lipinski definition) is 5. The van der Waals surface area contributed by atoms with Crippen molar-refractivity contribution in [1.29, 1.82) is 0 Å². The molecule has 1 amide bonds. The van der Waals surface area contributed by atoms with Crippen LogP contribution < -0.4 is 19.5 Å². The molecule has 0 aliphatic carbocycles. The lowest BCUT2D eigenvalue weighted by Crippen LogP contribution is -2.36. The lowest BCUT2D eigenvalue weighted by atomic mass is 10.2. The van der Waals surface area contributed by atoms with Crippen LogP contribution in [0.5, 0.6) is 17.2 Å². The smallest absolute Gasteiger partial charge is 0.238 e. The molecule has 0 saturated carbocycles. The molecule has 1 unspecified atom stereocenters. The molecule has 1 aromatic carbocycles. The van der Waals surface area contributed by atoms with Crippen molar-refractivity contribution in [2.24, 2.45) is 0 Å². The monoisotopic (exact) mass is 324 g/mol. The molecule has 0 radical (unpaired) electrons. The van der Waals surface area contributed by atoms with Crippen LogP contribution in [0.3, 0.4) is 0 Å². The average molecular weight is 324 g/mol. The largest absolute Gasteiger partial charge is 0.493 e. The molecule has 0 spiro atoms. The predicted octanol–water partition coefficient (Wildman–Crippen LogP) is 2.77. The molecule has 0 aliphatic rings. The molecule has 0 bridgehead atoms. The fraction of sp³-hybridized carbons (Fsp3) is 0.588. The number of carbonyl (C=O) groups is 1. The number of ether oxygens (including phenoxy) is 3. The maximum absolute atomic E-state index is 12.2. The first-order valence-corrected chi connectivity index (χ1v) is 7.76. The Labute approximate surface area is 138 Å². The summed E-state index contributed by atoms with van der Waals surface area (Å²) in [6.07, 6.45) is 2.16. The number of likely N-dealkylation sites (N-methyl/N-ethyl adjacent to an activating group) is 1. The van der Waals surface area contributed by atoms with E-state index in [4.69, 9.17) is 14.2 Å². The zero-order valence-electron chi connectivity index (χ0n) is 14.9. The van der Waals surface area contributed by atoms with E-state index in [-0.39, 0.29) is 5.91 Å². The Morgan fingerprint density at radius 3 is 2.17 bits per heavy atom. The number of benzene rings is 1. The molecule has 6 heteroatoms. The molecular weight excluding hydrogens is 296 g/mol. The molecule has 1 N–H and O–H groups in total. The summed E-state index contributed by atoms with van der Waals surface area (Å²) in [5.74, 6) is 1.44. The molecule has 1 rings (SSSR count). The van der Waals surface area contributed by atoms with Gasteiger partial charge in [0.15, 0.2) is 11.5 Å². The molecule has 1 atom stereocenters. The van der Waals surface area contributed by atoms with E-state index in [2.05, 4.69) is 19.2 Å². The molecule has 23 heavy (non-hydrogen) atoms. The van der Waals surface area contributed by atoms with Gasteiger partial charge in [0.1, 0.15) is 0 Å². The number of rotatable bonds is 9. The number of carbonyl (C=O) groups excluding carboxylic acids is 1. The summed E-state index contributed by atoms with van der Waals surface area (Å²) < 4.78 is 15.8. The van der Waals surface area contributed by atoms with Gasteiger partial charge in [-0.3, -0.25) is 9.69 Å². The zero-order valence-corrected chi connectivity index (χ0v) is 14.9. The van der Waals surface area contributed by atoms with Crippen LogP contribution in [-0.4, -0.2) is 51.8 Å². The molecule has 130 valence electrons. The van der Waals surface area contributed by atoms with Gasteiger partial charge in [-0.05, 0) is 20.4 Å². The number of anilines is 1. The number of nitrogens with one attached hydrogen (secondary N) is 1. The summed E-state index contributed by atoms with van der Waals surface area (Å²) >= 11 is 0. The minimum atomic E-state index is -0.0790. The van der Waals surface area contributed by atoms with Crippen LogP contribution in [0.2, 0.25) is 0 Å². The second-order valence-electron chi connectivity index (χ2n) is 5.52. The SMILES string of the molecule is CCCC(C)N(C)CC(=O)Nc1cc(OC)c(OC)c(OC)c1. The summed E-state index contributed by atoms with van der Waals surface area (Å²) in [6.45, 7) is 4.59. The predicted molar refractivity (Wildman–Crippen MR) is 91.7 cm³/mol. The third kappa shape index (κ3) is 5.32. The topological polar surface area (TPSA) is 60.0 Å². The van der Waals surface area contributed by atoms with Crippen LogP contribution in [0.4, 0.5) is 5.69 Å². The van der Waals surface area contributed by atoms with Gasteiger partial charge >= 0.3 is 0 Å². The highest BCUT2D eigenvalue weighted by molar-refractivity contribution is 5.93. The third-order valence-corrected chi connectivity index (χ3v) is 3.80. The van der Waals surface area contributed by atoms with Crippen molar-refractivity contribution >= 4 is 11.6 Å². The van der Waals surface area contributed by atoms with Crippen molar-refractivity contribution in [2.45, 2.75) is 32.7 Å². The van der Waals surface area contributed by atoms with Crippen LogP contribution in [0.25, 0.3) is 0 Å².